The first-order valence-corrected chi connectivity index (χ1v) is 7.85. The predicted octanol–water partition coefficient (Wildman–Crippen LogP) is 3.68. The molecule has 4 nitrogen and oxygen atoms in total. The van der Waals surface area contributed by atoms with Crippen molar-refractivity contribution in [3.63, 3.8) is 0 Å². The summed E-state index contributed by atoms with van der Waals surface area (Å²) in [6.45, 7) is 2.00. The van der Waals surface area contributed by atoms with Gasteiger partial charge in [-0.3, -0.25) is 4.79 Å². The van der Waals surface area contributed by atoms with Crippen LogP contribution in [0.4, 0.5) is 0 Å². The van der Waals surface area contributed by atoms with Crippen LogP contribution in [0.1, 0.15) is 22.8 Å². The Morgan fingerprint density at radius 3 is 2.52 bits per heavy atom. The van der Waals surface area contributed by atoms with E-state index < -0.39 is 6.10 Å². The number of ether oxygens (including phenoxy) is 1. The van der Waals surface area contributed by atoms with Gasteiger partial charge in [-0.25, -0.2) is 0 Å². The van der Waals surface area contributed by atoms with E-state index in [0.717, 1.165) is 0 Å². The molecule has 0 aliphatic carbocycles. The first-order chi connectivity index (χ1) is 11.0. The standard InChI is InChI=1S/C17H17Cl2NO3/c1-11(21)9-20-17(22)12-4-2-5-13(8-12)23-10-14-15(18)6-3-7-16(14)19/h2-8,11,21H,9-10H2,1H3,(H,20,22). The van der Waals surface area contributed by atoms with E-state index in [1.165, 1.54) is 0 Å². The monoisotopic (exact) mass is 353 g/mol. The number of benzene rings is 2. The minimum atomic E-state index is -0.597. The van der Waals surface area contributed by atoms with Gasteiger partial charge in [0, 0.05) is 27.7 Å². The van der Waals surface area contributed by atoms with E-state index in [1.807, 2.05) is 0 Å². The van der Waals surface area contributed by atoms with E-state index >= 15 is 0 Å². The summed E-state index contributed by atoms with van der Waals surface area (Å²) in [6.07, 6.45) is -0.597. The smallest absolute Gasteiger partial charge is 0.251 e. The number of rotatable bonds is 6. The molecule has 2 aromatic carbocycles. The van der Waals surface area contributed by atoms with E-state index in [1.54, 1.807) is 49.4 Å². The third-order valence-corrected chi connectivity index (χ3v) is 3.81. The average Bonchev–Trinajstić information content (AvgIpc) is 2.52. The van der Waals surface area contributed by atoms with Gasteiger partial charge in [-0.15, -0.1) is 0 Å². The maximum Gasteiger partial charge on any atom is 0.251 e. The van der Waals surface area contributed by atoms with Gasteiger partial charge in [0.05, 0.1) is 6.10 Å². The fourth-order valence-corrected chi connectivity index (χ4v) is 2.40. The summed E-state index contributed by atoms with van der Waals surface area (Å²) in [5.41, 5.74) is 1.15. The van der Waals surface area contributed by atoms with Crippen LogP contribution in [-0.2, 0) is 6.61 Å². The van der Waals surface area contributed by atoms with Crippen molar-refractivity contribution in [3.05, 3.63) is 63.6 Å². The lowest BCUT2D eigenvalue weighted by Gasteiger charge is -2.11. The van der Waals surface area contributed by atoms with E-state index in [4.69, 9.17) is 27.9 Å². The topological polar surface area (TPSA) is 58.6 Å². The Balaban J connectivity index is 2.04. The third kappa shape index (κ3) is 5.13. The molecule has 1 unspecified atom stereocenters. The summed E-state index contributed by atoms with van der Waals surface area (Å²) in [7, 11) is 0. The van der Waals surface area contributed by atoms with Gasteiger partial charge in [0.25, 0.3) is 5.91 Å². The van der Waals surface area contributed by atoms with Gasteiger partial charge < -0.3 is 15.2 Å². The molecule has 2 N–H and O–H groups in total. The first kappa shape index (κ1) is 17.6. The number of amides is 1. The zero-order chi connectivity index (χ0) is 16.8. The summed E-state index contributed by atoms with van der Waals surface area (Å²) >= 11 is 12.2. The highest BCUT2D eigenvalue weighted by Gasteiger charge is 2.09. The number of hydrogen-bond donors (Lipinski definition) is 2. The van der Waals surface area contributed by atoms with Gasteiger partial charge in [0.1, 0.15) is 12.4 Å². The largest absolute Gasteiger partial charge is 0.489 e. The summed E-state index contributed by atoms with van der Waals surface area (Å²) in [6, 6.07) is 12.0. The quantitative estimate of drug-likeness (QED) is 0.832. The third-order valence-electron chi connectivity index (χ3n) is 3.10. The molecule has 0 radical (unpaired) electrons. The SMILES string of the molecule is CC(O)CNC(=O)c1cccc(OCc2c(Cl)cccc2Cl)c1. The maximum absolute atomic E-state index is 12.0. The lowest BCUT2D eigenvalue weighted by molar-refractivity contribution is 0.0923. The number of nitrogens with one attached hydrogen (secondary N) is 1. The minimum Gasteiger partial charge on any atom is -0.489 e. The number of aliphatic hydroxyl groups excluding tert-OH is 1. The zero-order valence-electron chi connectivity index (χ0n) is 12.6. The Morgan fingerprint density at radius 1 is 1.22 bits per heavy atom. The van der Waals surface area contributed by atoms with Crippen molar-refractivity contribution in [2.75, 3.05) is 6.54 Å². The Bertz CT molecular complexity index is 669. The van der Waals surface area contributed by atoms with Crippen LogP contribution in [0.15, 0.2) is 42.5 Å². The van der Waals surface area contributed by atoms with Gasteiger partial charge in [0.2, 0.25) is 0 Å². The van der Waals surface area contributed by atoms with Crippen LogP contribution in [0, 0.1) is 0 Å². The van der Waals surface area contributed by atoms with Crippen LogP contribution in [0.3, 0.4) is 0 Å². The Morgan fingerprint density at radius 2 is 1.87 bits per heavy atom. The summed E-state index contributed by atoms with van der Waals surface area (Å²) < 4.78 is 5.67. The molecule has 0 heterocycles. The van der Waals surface area contributed by atoms with Crippen LogP contribution in [0.25, 0.3) is 0 Å². The van der Waals surface area contributed by atoms with Crippen LogP contribution in [0.5, 0.6) is 5.75 Å². The molecule has 2 aromatic rings. The predicted molar refractivity (Wildman–Crippen MR) is 91.3 cm³/mol. The molecule has 0 aliphatic heterocycles. The molecular formula is C17H17Cl2NO3. The van der Waals surface area contributed by atoms with Crippen molar-refractivity contribution in [3.8, 4) is 5.75 Å². The zero-order valence-corrected chi connectivity index (χ0v) is 14.1. The molecule has 0 fully saturated rings. The second-order valence-corrected chi connectivity index (χ2v) is 5.89. The van der Waals surface area contributed by atoms with Crippen LogP contribution in [0.2, 0.25) is 10.0 Å². The average molecular weight is 354 g/mol. The molecule has 0 bridgehead atoms. The number of carbonyl (C=O) groups is 1. The Hall–Kier alpha value is -1.75. The number of hydrogen-bond acceptors (Lipinski definition) is 3. The Kier molecular flexibility index (Phi) is 6.28. The fourth-order valence-electron chi connectivity index (χ4n) is 1.90. The van der Waals surface area contributed by atoms with E-state index in [0.29, 0.717) is 26.9 Å². The Labute approximate surface area is 145 Å². The molecule has 6 heteroatoms. The van der Waals surface area contributed by atoms with Crippen molar-refractivity contribution in [1.82, 2.24) is 5.32 Å². The molecule has 2 rings (SSSR count). The van der Waals surface area contributed by atoms with Gasteiger partial charge in [-0.05, 0) is 37.3 Å². The maximum atomic E-state index is 12.0. The molecule has 0 saturated carbocycles. The van der Waals surface area contributed by atoms with Gasteiger partial charge >= 0.3 is 0 Å². The molecule has 0 spiro atoms. The highest BCUT2D eigenvalue weighted by Crippen LogP contribution is 2.26. The van der Waals surface area contributed by atoms with E-state index in [-0.39, 0.29) is 19.1 Å². The second kappa shape index (κ2) is 8.20. The molecule has 0 aliphatic rings. The molecule has 0 aromatic heterocycles. The van der Waals surface area contributed by atoms with Gasteiger partial charge in [-0.1, -0.05) is 35.3 Å². The van der Waals surface area contributed by atoms with Crippen molar-refractivity contribution in [2.24, 2.45) is 0 Å². The molecular weight excluding hydrogens is 337 g/mol. The number of halogens is 2. The van der Waals surface area contributed by atoms with Gasteiger partial charge in [-0.2, -0.15) is 0 Å². The summed E-state index contributed by atoms with van der Waals surface area (Å²) in [4.78, 5) is 12.0. The van der Waals surface area contributed by atoms with Crippen LogP contribution >= 0.6 is 23.2 Å². The summed E-state index contributed by atoms with van der Waals surface area (Å²) in [5.74, 6) is 0.262. The second-order valence-electron chi connectivity index (χ2n) is 5.08. The van der Waals surface area contributed by atoms with Gasteiger partial charge in [0.15, 0.2) is 0 Å². The lowest BCUT2D eigenvalue weighted by atomic mass is 10.2. The van der Waals surface area contributed by atoms with Crippen molar-refractivity contribution < 1.29 is 14.6 Å². The molecule has 1 atom stereocenters. The fraction of sp³-hybridized carbons (Fsp3) is 0.235. The highest BCUT2D eigenvalue weighted by atomic mass is 35.5. The van der Waals surface area contributed by atoms with E-state index in [9.17, 15) is 9.90 Å². The highest BCUT2D eigenvalue weighted by molar-refractivity contribution is 6.35. The van der Waals surface area contributed by atoms with Crippen molar-refractivity contribution in [1.29, 1.82) is 0 Å². The van der Waals surface area contributed by atoms with E-state index in [2.05, 4.69) is 5.32 Å². The van der Waals surface area contributed by atoms with Crippen LogP contribution in [-0.4, -0.2) is 23.7 Å². The first-order valence-electron chi connectivity index (χ1n) is 7.09. The van der Waals surface area contributed by atoms with Crippen LogP contribution < -0.4 is 10.1 Å². The molecule has 0 saturated heterocycles. The normalized spacial score (nSPS) is 11.8. The lowest BCUT2D eigenvalue weighted by Crippen LogP contribution is -2.30. The van der Waals surface area contributed by atoms with Crippen molar-refractivity contribution >= 4 is 29.1 Å². The van der Waals surface area contributed by atoms with Crippen molar-refractivity contribution in [2.45, 2.75) is 19.6 Å². The number of aliphatic hydroxyl groups is 1. The minimum absolute atomic E-state index is 0.194. The number of carbonyl (C=O) groups excluding carboxylic acids is 1. The molecule has 122 valence electrons. The molecule has 1 amide bonds. The summed E-state index contributed by atoms with van der Waals surface area (Å²) in [5, 5.41) is 12.9. The molecule has 23 heavy (non-hydrogen) atoms.